The molecule has 0 amide bonds. The van der Waals surface area contributed by atoms with Gasteiger partial charge < -0.3 is 4.74 Å². The lowest BCUT2D eigenvalue weighted by molar-refractivity contribution is -0.137. The second-order valence-corrected chi connectivity index (χ2v) is 3.98. The molecule has 1 rings (SSSR count). The van der Waals surface area contributed by atoms with Crippen LogP contribution >= 0.6 is 0 Å². The molecule has 1 aromatic carbocycles. The Morgan fingerprint density at radius 3 is 2.24 bits per heavy atom. The number of carbonyl (C=O) groups excluding carboxylic acids is 2. The van der Waals surface area contributed by atoms with E-state index < -0.39 is 11.8 Å². The van der Waals surface area contributed by atoms with Crippen molar-refractivity contribution in [2.45, 2.75) is 33.1 Å². The number of rotatable bonds is 5. The van der Waals surface area contributed by atoms with Crippen LogP contribution in [0.15, 0.2) is 24.3 Å². The fourth-order valence-corrected chi connectivity index (χ4v) is 1.51. The number of Topliss-reactive ketones (excluding diaryl/α,β-unsaturated/α-hetero) is 1. The molecule has 17 heavy (non-hydrogen) atoms. The minimum absolute atomic E-state index is 0.218. The summed E-state index contributed by atoms with van der Waals surface area (Å²) >= 11 is 0. The van der Waals surface area contributed by atoms with Crippen LogP contribution in [-0.4, -0.2) is 18.4 Å². The van der Waals surface area contributed by atoms with Crippen LogP contribution < -0.4 is 0 Å². The van der Waals surface area contributed by atoms with Gasteiger partial charge in [0.15, 0.2) is 0 Å². The van der Waals surface area contributed by atoms with Crippen molar-refractivity contribution in [3.8, 4) is 0 Å². The first-order chi connectivity index (χ1) is 8.10. The highest BCUT2D eigenvalue weighted by atomic mass is 16.5. The Labute approximate surface area is 102 Å². The van der Waals surface area contributed by atoms with Gasteiger partial charge in [-0.05, 0) is 24.8 Å². The average Bonchev–Trinajstić information content (AvgIpc) is 2.37. The minimum Gasteiger partial charge on any atom is -0.460 e. The monoisotopic (exact) mass is 234 g/mol. The van der Waals surface area contributed by atoms with Crippen LogP contribution in [0.3, 0.4) is 0 Å². The van der Waals surface area contributed by atoms with Crippen molar-refractivity contribution in [2.24, 2.45) is 0 Å². The molecule has 0 N–H and O–H groups in total. The summed E-state index contributed by atoms with van der Waals surface area (Å²) in [5.41, 5.74) is 1.56. The van der Waals surface area contributed by atoms with Crippen molar-refractivity contribution in [1.29, 1.82) is 0 Å². The number of ketones is 1. The smallest absolute Gasteiger partial charge is 0.379 e. The van der Waals surface area contributed by atoms with Gasteiger partial charge in [-0.25, -0.2) is 4.79 Å². The van der Waals surface area contributed by atoms with E-state index in [1.807, 2.05) is 12.1 Å². The van der Waals surface area contributed by atoms with Crippen LogP contribution in [0, 0.1) is 0 Å². The van der Waals surface area contributed by atoms with E-state index in [-0.39, 0.29) is 6.61 Å². The maximum absolute atomic E-state index is 11.6. The Morgan fingerprint density at radius 1 is 1.18 bits per heavy atom. The van der Waals surface area contributed by atoms with E-state index in [4.69, 9.17) is 0 Å². The largest absolute Gasteiger partial charge is 0.460 e. The lowest BCUT2D eigenvalue weighted by Gasteiger charge is -2.09. The van der Waals surface area contributed by atoms with Gasteiger partial charge in [-0.2, -0.15) is 0 Å². The van der Waals surface area contributed by atoms with Crippen molar-refractivity contribution in [3.05, 3.63) is 35.4 Å². The Balaban J connectivity index is 2.80. The second-order valence-electron chi connectivity index (χ2n) is 3.98. The summed E-state index contributed by atoms with van der Waals surface area (Å²) in [7, 11) is 0. The van der Waals surface area contributed by atoms with Crippen molar-refractivity contribution < 1.29 is 14.3 Å². The normalized spacial score (nSPS) is 11.9. The second kappa shape index (κ2) is 6.18. The first kappa shape index (κ1) is 13.4. The predicted octanol–water partition coefficient (Wildman–Crippen LogP) is 2.95. The van der Waals surface area contributed by atoms with Gasteiger partial charge in [-0.15, -0.1) is 0 Å². The van der Waals surface area contributed by atoms with E-state index in [2.05, 4.69) is 18.6 Å². The maximum atomic E-state index is 11.6. The van der Waals surface area contributed by atoms with Gasteiger partial charge >= 0.3 is 5.97 Å². The first-order valence-electron chi connectivity index (χ1n) is 5.91. The molecule has 0 saturated carbocycles. The van der Waals surface area contributed by atoms with Gasteiger partial charge in [0.05, 0.1) is 6.61 Å². The number of ether oxygens (including phenoxy) is 1. The quantitative estimate of drug-likeness (QED) is 0.447. The summed E-state index contributed by atoms with van der Waals surface area (Å²) in [5, 5.41) is 0. The lowest BCUT2D eigenvalue weighted by atomic mass is 9.97. The Bertz CT molecular complexity index is 392. The number of benzene rings is 1. The summed E-state index contributed by atoms with van der Waals surface area (Å²) in [6.07, 6.45) is 1.05. The van der Waals surface area contributed by atoms with E-state index in [9.17, 15) is 9.59 Å². The Kier molecular flexibility index (Phi) is 4.88. The zero-order chi connectivity index (χ0) is 12.8. The van der Waals surface area contributed by atoms with E-state index in [0.29, 0.717) is 11.5 Å². The van der Waals surface area contributed by atoms with Crippen molar-refractivity contribution >= 4 is 11.8 Å². The van der Waals surface area contributed by atoms with Crippen LogP contribution in [-0.2, 0) is 9.53 Å². The highest BCUT2D eigenvalue weighted by molar-refractivity contribution is 6.40. The van der Waals surface area contributed by atoms with Crippen LogP contribution in [0.25, 0.3) is 0 Å². The van der Waals surface area contributed by atoms with Crippen molar-refractivity contribution in [2.75, 3.05) is 6.61 Å². The molecule has 1 unspecified atom stereocenters. The van der Waals surface area contributed by atoms with Gasteiger partial charge in [0.2, 0.25) is 0 Å². The molecule has 0 aliphatic rings. The van der Waals surface area contributed by atoms with Gasteiger partial charge in [-0.1, -0.05) is 38.1 Å². The van der Waals surface area contributed by atoms with E-state index in [0.717, 1.165) is 6.42 Å². The van der Waals surface area contributed by atoms with Gasteiger partial charge in [0.25, 0.3) is 5.78 Å². The Hall–Kier alpha value is -1.64. The summed E-state index contributed by atoms with van der Waals surface area (Å²) in [6, 6.07) is 7.14. The third-order valence-electron chi connectivity index (χ3n) is 2.82. The van der Waals surface area contributed by atoms with E-state index in [1.165, 1.54) is 5.56 Å². The molecule has 0 saturated heterocycles. The molecule has 0 aliphatic heterocycles. The van der Waals surface area contributed by atoms with E-state index in [1.54, 1.807) is 19.1 Å². The van der Waals surface area contributed by atoms with Gasteiger partial charge in [-0.3, -0.25) is 4.79 Å². The standard InChI is InChI=1S/C14H18O3/c1-4-10(3)11-6-8-12(9-7-11)13(15)14(16)17-5-2/h6-10H,4-5H2,1-3H3. The SMILES string of the molecule is CCOC(=O)C(=O)c1ccc(C(C)CC)cc1. The van der Waals surface area contributed by atoms with Crippen LogP contribution in [0.4, 0.5) is 0 Å². The Morgan fingerprint density at radius 2 is 1.76 bits per heavy atom. The molecule has 0 heterocycles. The highest BCUT2D eigenvalue weighted by Gasteiger charge is 2.17. The molecule has 3 heteroatoms. The van der Waals surface area contributed by atoms with Gasteiger partial charge in [0.1, 0.15) is 0 Å². The third-order valence-corrected chi connectivity index (χ3v) is 2.82. The molecule has 0 bridgehead atoms. The highest BCUT2D eigenvalue weighted by Crippen LogP contribution is 2.19. The number of esters is 1. The fraction of sp³-hybridized carbons (Fsp3) is 0.429. The minimum atomic E-state index is -0.788. The summed E-state index contributed by atoms with van der Waals surface area (Å²) in [5.74, 6) is -0.909. The first-order valence-corrected chi connectivity index (χ1v) is 5.91. The molecule has 0 radical (unpaired) electrons. The predicted molar refractivity (Wildman–Crippen MR) is 66.1 cm³/mol. The molecule has 0 spiro atoms. The number of hydrogen-bond donors (Lipinski definition) is 0. The van der Waals surface area contributed by atoms with Crippen molar-refractivity contribution in [3.63, 3.8) is 0 Å². The van der Waals surface area contributed by atoms with Gasteiger partial charge in [0, 0.05) is 5.56 Å². The molecule has 92 valence electrons. The zero-order valence-electron chi connectivity index (χ0n) is 10.5. The molecular formula is C14H18O3. The maximum Gasteiger partial charge on any atom is 0.379 e. The molecule has 0 fully saturated rings. The summed E-state index contributed by atoms with van der Waals surface area (Å²) < 4.78 is 4.67. The van der Waals surface area contributed by atoms with E-state index >= 15 is 0 Å². The summed E-state index contributed by atoms with van der Waals surface area (Å²) in [4.78, 5) is 22.9. The van der Waals surface area contributed by atoms with Crippen LogP contribution in [0.1, 0.15) is 49.0 Å². The molecule has 1 aromatic rings. The number of hydrogen-bond acceptors (Lipinski definition) is 3. The van der Waals surface area contributed by atoms with Crippen LogP contribution in [0.5, 0.6) is 0 Å². The molecule has 3 nitrogen and oxygen atoms in total. The molecule has 0 aliphatic carbocycles. The summed E-state index contributed by atoms with van der Waals surface area (Å²) in [6.45, 7) is 6.14. The van der Waals surface area contributed by atoms with Crippen molar-refractivity contribution in [1.82, 2.24) is 0 Å². The lowest BCUT2D eigenvalue weighted by Crippen LogP contribution is -2.17. The average molecular weight is 234 g/mol. The molecule has 0 aromatic heterocycles. The molecule has 1 atom stereocenters. The topological polar surface area (TPSA) is 43.4 Å². The fourth-order valence-electron chi connectivity index (χ4n) is 1.51. The van der Waals surface area contributed by atoms with Crippen LogP contribution in [0.2, 0.25) is 0 Å². The zero-order valence-corrected chi connectivity index (χ0v) is 10.5. The number of carbonyl (C=O) groups is 2. The third kappa shape index (κ3) is 3.41. The molecular weight excluding hydrogens is 216 g/mol.